The molecule has 0 fully saturated rings. The molecule has 0 aliphatic heterocycles. The molecule has 0 heterocycles. The van der Waals surface area contributed by atoms with Crippen molar-refractivity contribution in [2.45, 2.75) is 32.6 Å². The van der Waals surface area contributed by atoms with Crippen molar-refractivity contribution in [3.63, 3.8) is 0 Å². The van der Waals surface area contributed by atoms with Crippen LogP contribution in [0.4, 0.5) is 0 Å². The number of carboxylic acids is 1. The van der Waals surface area contributed by atoms with E-state index in [4.69, 9.17) is 14.6 Å². The maximum Gasteiger partial charge on any atom is 0.303 e. The summed E-state index contributed by atoms with van der Waals surface area (Å²) in [6.07, 6.45) is 1.37. The number of hydrogen-bond donors (Lipinski definition) is 1. The van der Waals surface area contributed by atoms with Crippen LogP contribution in [0.1, 0.15) is 43.0 Å². The molecule has 0 spiro atoms. The largest absolute Gasteiger partial charge is 0.496 e. The Morgan fingerprint density at radius 2 is 2.00 bits per heavy atom. The van der Waals surface area contributed by atoms with Crippen molar-refractivity contribution in [1.29, 1.82) is 0 Å². The Kier molecular flexibility index (Phi) is 6.56. The molecule has 0 aliphatic carbocycles. The number of Topliss-reactive ketones (excluding diaryl/α,β-unsaturated/α-hetero) is 1. The van der Waals surface area contributed by atoms with Crippen LogP contribution in [-0.2, 0) is 4.79 Å². The molecule has 1 aromatic carbocycles. The van der Waals surface area contributed by atoms with E-state index < -0.39 is 5.97 Å². The topological polar surface area (TPSA) is 72.8 Å². The van der Waals surface area contributed by atoms with Gasteiger partial charge in [0.25, 0.3) is 0 Å². The average molecular weight is 280 g/mol. The molecule has 5 heteroatoms. The van der Waals surface area contributed by atoms with Gasteiger partial charge in [-0.15, -0.1) is 0 Å². The third-order valence-corrected chi connectivity index (χ3v) is 2.74. The first-order valence-electron chi connectivity index (χ1n) is 6.64. The molecule has 0 aliphatic rings. The number of ether oxygens (including phenoxy) is 2. The second kappa shape index (κ2) is 8.19. The zero-order chi connectivity index (χ0) is 15.0. The van der Waals surface area contributed by atoms with Gasteiger partial charge in [0.1, 0.15) is 11.5 Å². The lowest BCUT2D eigenvalue weighted by Crippen LogP contribution is -2.05. The summed E-state index contributed by atoms with van der Waals surface area (Å²) in [5.74, 6) is 0.0678. The number of carbonyl (C=O) groups is 2. The van der Waals surface area contributed by atoms with E-state index in [9.17, 15) is 9.59 Å². The second-order valence-electron chi connectivity index (χ2n) is 4.38. The first kappa shape index (κ1) is 16.0. The van der Waals surface area contributed by atoms with Gasteiger partial charge in [0, 0.05) is 12.8 Å². The van der Waals surface area contributed by atoms with Crippen LogP contribution >= 0.6 is 0 Å². The van der Waals surface area contributed by atoms with Crippen LogP contribution in [0.2, 0.25) is 0 Å². The van der Waals surface area contributed by atoms with Crippen LogP contribution < -0.4 is 9.47 Å². The van der Waals surface area contributed by atoms with E-state index in [-0.39, 0.29) is 18.6 Å². The average Bonchev–Trinajstić information content (AvgIpc) is 2.44. The van der Waals surface area contributed by atoms with Gasteiger partial charge in [-0.1, -0.05) is 6.92 Å². The maximum absolute atomic E-state index is 12.1. The molecule has 5 nitrogen and oxygen atoms in total. The van der Waals surface area contributed by atoms with E-state index in [1.165, 1.54) is 7.11 Å². The lowest BCUT2D eigenvalue weighted by Gasteiger charge is -2.10. The number of carboxylic acid groups (broad SMARTS) is 1. The van der Waals surface area contributed by atoms with Crippen molar-refractivity contribution in [3.05, 3.63) is 23.8 Å². The Morgan fingerprint density at radius 3 is 2.60 bits per heavy atom. The first-order valence-corrected chi connectivity index (χ1v) is 6.64. The van der Waals surface area contributed by atoms with Gasteiger partial charge in [0.15, 0.2) is 5.78 Å². The molecular weight excluding hydrogens is 260 g/mol. The molecule has 1 aromatic rings. The Bertz CT molecular complexity index is 467. The number of methoxy groups -OCH3 is 1. The van der Waals surface area contributed by atoms with E-state index in [0.29, 0.717) is 30.1 Å². The lowest BCUT2D eigenvalue weighted by molar-refractivity contribution is -0.137. The molecule has 0 saturated carbocycles. The minimum absolute atomic E-state index is 0.0138. The Labute approximate surface area is 118 Å². The maximum atomic E-state index is 12.1. The summed E-state index contributed by atoms with van der Waals surface area (Å²) < 4.78 is 10.6. The fourth-order valence-electron chi connectivity index (χ4n) is 1.75. The molecular formula is C15H20O5. The van der Waals surface area contributed by atoms with Crippen LogP contribution in [0, 0.1) is 0 Å². The predicted octanol–water partition coefficient (Wildman–Crippen LogP) is 2.92. The molecule has 0 aromatic heterocycles. The number of aliphatic carboxylic acids is 1. The monoisotopic (exact) mass is 280 g/mol. The molecule has 1 N–H and O–H groups in total. The summed E-state index contributed by atoms with van der Waals surface area (Å²) in [6, 6.07) is 5.09. The number of hydrogen-bond acceptors (Lipinski definition) is 4. The Hall–Kier alpha value is -2.04. The summed E-state index contributed by atoms with van der Waals surface area (Å²) in [6.45, 7) is 2.58. The van der Waals surface area contributed by atoms with Gasteiger partial charge < -0.3 is 14.6 Å². The summed E-state index contributed by atoms with van der Waals surface area (Å²) in [5.41, 5.74) is 0.437. The summed E-state index contributed by atoms with van der Waals surface area (Å²) in [4.78, 5) is 22.6. The fraction of sp³-hybridized carbons (Fsp3) is 0.467. The summed E-state index contributed by atoms with van der Waals surface area (Å²) in [5, 5.41) is 8.58. The van der Waals surface area contributed by atoms with Crippen molar-refractivity contribution in [2.75, 3.05) is 13.7 Å². The van der Waals surface area contributed by atoms with E-state index in [2.05, 4.69) is 0 Å². The van der Waals surface area contributed by atoms with Gasteiger partial charge >= 0.3 is 5.97 Å². The van der Waals surface area contributed by atoms with Crippen molar-refractivity contribution in [2.24, 2.45) is 0 Å². The predicted molar refractivity (Wildman–Crippen MR) is 74.6 cm³/mol. The van der Waals surface area contributed by atoms with E-state index in [0.717, 1.165) is 6.42 Å². The van der Waals surface area contributed by atoms with Gasteiger partial charge in [0.2, 0.25) is 0 Å². The number of carbonyl (C=O) groups excluding carboxylic acids is 1. The highest BCUT2D eigenvalue weighted by Crippen LogP contribution is 2.26. The normalized spacial score (nSPS) is 10.1. The standard InChI is InChI=1S/C15H20O5/c1-3-9-20-11-7-8-14(19-2)12(10-11)13(16)5-4-6-15(17)18/h7-8,10H,3-6,9H2,1-2H3,(H,17,18). The van der Waals surface area contributed by atoms with Gasteiger partial charge in [-0.25, -0.2) is 0 Å². The van der Waals surface area contributed by atoms with Crippen LogP contribution in [0.3, 0.4) is 0 Å². The van der Waals surface area contributed by atoms with E-state index in [1.54, 1.807) is 18.2 Å². The van der Waals surface area contributed by atoms with E-state index >= 15 is 0 Å². The van der Waals surface area contributed by atoms with Gasteiger partial charge in [-0.05, 0) is 31.0 Å². The summed E-state index contributed by atoms with van der Waals surface area (Å²) >= 11 is 0. The third-order valence-electron chi connectivity index (χ3n) is 2.74. The summed E-state index contributed by atoms with van der Waals surface area (Å²) in [7, 11) is 1.50. The van der Waals surface area contributed by atoms with Crippen LogP contribution in [0.25, 0.3) is 0 Å². The minimum atomic E-state index is -0.898. The van der Waals surface area contributed by atoms with Crippen LogP contribution in [0.5, 0.6) is 11.5 Å². The molecule has 1 rings (SSSR count). The first-order chi connectivity index (χ1) is 9.58. The van der Waals surface area contributed by atoms with Crippen LogP contribution in [-0.4, -0.2) is 30.6 Å². The molecule has 0 amide bonds. The van der Waals surface area contributed by atoms with Gasteiger partial charge in [-0.3, -0.25) is 9.59 Å². The van der Waals surface area contributed by atoms with Crippen molar-refractivity contribution in [1.82, 2.24) is 0 Å². The van der Waals surface area contributed by atoms with Crippen LogP contribution in [0.15, 0.2) is 18.2 Å². The van der Waals surface area contributed by atoms with Gasteiger partial charge in [-0.2, -0.15) is 0 Å². The Balaban J connectivity index is 2.78. The number of rotatable bonds is 9. The molecule has 110 valence electrons. The third kappa shape index (κ3) is 4.91. The molecule has 0 saturated heterocycles. The van der Waals surface area contributed by atoms with Crippen molar-refractivity contribution < 1.29 is 24.2 Å². The molecule has 0 bridgehead atoms. The zero-order valence-corrected chi connectivity index (χ0v) is 11.8. The number of ketones is 1. The SMILES string of the molecule is CCCOc1ccc(OC)c(C(=O)CCCC(=O)O)c1. The second-order valence-corrected chi connectivity index (χ2v) is 4.38. The van der Waals surface area contributed by atoms with Gasteiger partial charge in [0.05, 0.1) is 19.3 Å². The smallest absolute Gasteiger partial charge is 0.303 e. The lowest BCUT2D eigenvalue weighted by atomic mass is 10.0. The molecule has 0 radical (unpaired) electrons. The highest BCUT2D eigenvalue weighted by Gasteiger charge is 2.14. The molecule has 0 unspecified atom stereocenters. The molecule has 0 atom stereocenters. The number of benzene rings is 1. The van der Waals surface area contributed by atoms with E-state index in [1.807, 2.05) is 6.92 Å². The zero-order valence-electron chi connectivity index (χ0n) is 11.8. The van der Waals surface area contributed by atoms with Crippen molar-refractivity contribution in [3.8, 4) is 11.5 Å². The highest BCUT2D eigenvalue weighted by atomic mass is 16.5. The molecule has 20 heavy (non-hydrogen) atoms. The highest BCUT2D eigenvalue weighted by molar-refractivity contribution is 5.99. The fourth-order valence-corrected chi connectivity index (χ4v) is 1.75. The quantitative estimate of drug-likeness (QED) is 0.704. The van der Waals surface area contributed by atoms with Crippen molar-refractivity contribution >= 4 is 11.8 Å². The minimum Gasteiger partial charge on any atom is -0.496 e. The Morgan fingerprint density at radius 1 is 1.25 bits per heavy atom.